The average molecular weight is 259 g/mol. The third kappa shape index (κ3) is 3.97. The van der Waals surface area contributed by atoms with E-state index in [1.54, 1.807) is 12.1 Å². The lowest BCUT2D eigenvalue weighted by atomic mass is 10.2. The maximum absolute atomic E-state index is 11.9. The normalized spacial score (nSPS) is 14.8. The quantitative estimate of drug-likeness (QED) is 0.883. The highest BCUT2D eigenvalue weighted by atomic mass is 16.5. The second-order valence-corrected chi connectivity index (χ2v) is 4.36. The van der Waals surface area contributed by atoms with E-state index in [-0.39, 0.29) is 5.91 Å². The summed E-state index contributed by atoms with van der Waals surface area (Å²) in [6, 6.07) is 9.27. The van der Waals surface area contributed by atoms with Gasteiger partial charge in [0.25, 0.3) is 0 Å². The van der Waals surface area contributed by atoms with Gasteiger partial charge in [-0.3, -0.25) is 4.79 Å². The molecule has 2 rings (SSSR count). The Labute approximate surface area is 112 Å². The molecule has 100 valence electrons. The Kier molecular flexibility index (Phi) is 4.76. The molecule has 1 heterocycles. The van der Waals surface area contributed by atoms with E-state index in [1.807, 2.05) is 17.0 Å². The summed E-state index contributed by atoms with van der Waals surface area (Å²) in [7, 11) is 0. The summed E-state index contributed by atoms with van der Waals surface area (Å²) in [6.45, 7) is 3.25. The Morgan fingerprint density at radius 3 is 2.63 bits per heavy atom. The number of nitriles is 1. The van der Waals surface area contributed by atoms with Crippen LogP contribution in [0.4, 0.5) is 5.69 Å². The maximum Gasteiger partial charge on any atom is 0.224 e. The van der Waals surface area contributed by atoms with Crippen molar-refractivity contribution in [3.05, 3.63) is 29.8 Å². The number of morpholine rings is 1. The van der Waals surface area contributed by atoms with Gasteiger partial charge in [0.05, 0.1) is 24.8 Å². The molecule has 0 spiro atoms. The van der Waals surface area contributed by atoms with Crippen molar-refractivity contribution in [3.63, 3.8) is 0 Å². The van der Waals surface area contributed by atoms with Gasteiger partial charge in [0, 0.05) is 31.7 Å². The molecule has 0 radical (unpaired) electrons. The number of rotatable bonds is 4. The monoisotopic (exact) mass is 259 g/mol. The molecular formula is C14H17N3O2. The number of benzene rings is 1. The molecule has 0 unspecified atom stereocenters. The molecule has 1 aliphatic heterocycles. The van der Waals surface area contributed by atoms with Gasteiger partial charge in [-0.2, -0.15) is 5.26 Å². The summed E-state index contributed by atoms with van der Waals surface area (Å²) in [4.78, 5) is 13.7. The van der Waals surface area contributed by atoms with E-state index >= 15 is 0 Å². The number of nitrogens with zero attached hydrogens (tertiary/aromatic N) is 2. The van der Waals surface area contributed by atoms with Crippen LogP contribution in [0.25, 0.3) is 0 Å². The highest BCUT2D eigenvalue weighted by Gasteiger charge is 2.15. The summed E-state index contributed by atoms with van der Waals surface area (Å²) in [5.41, 5.74) is 1.56. The van der Waals surface area contributed by atoms with Crippen molar-refractivity contribution in [1.82, 2.24) is 4.90 Å². The third-order valence-corrected chi connectivity index (χ3v) is 3.05. The van der Waals surface area contributed by atoms with Crippen LogP contribution >= 0.6 is 0 Å². The van der Waals surface area contributed by atoms with Crippen molar-refractivity contribution in [3.8, 4) is 6.07 Å². The van der Waals surface area contributed by atoms with Gasteiger partial charge in [-0.1, -0.05) is 0 Å². The molecule has 19 heavy (non-hydrogen) atoms. The molecular weight excluding hydrogens is 242 g/mol. The predicted octanol–water partition coefficient (Wildman–Crippen LogP) is 1.22. The van der Waals surface area contributed by atoms with Crippen LogP contribution in [-0.4, -0.2) is 43.7 Å². The SMILES string of the molecule is N#Cc1ccc(NCCC(=O)N2CCOCC2)cc1. The van der Waals surface area contributed by atoms with E-state index < -0.39 is 0 Å². The molecule has 0 aliphatic carbocycles. The summed E-state index contributed by atoms with van der Waals surface area (Å²) in [5, 5.41) is 11.9. The molecule has 5 heteroatoms. The molecule has 1 aromatic rings. The van der Waals surface area contributed by atoms with Gasteiger partial charge in [-0.25, -0.2) is 0 Å². The first-order valence-electron chi connectivity index (χ1n) is 6.39. The molecule has 0 saturated carbocycles. The van der Waals surface area contributed by atoms with Crippen molar-refractivity contribution in [2.45, 2.75) is 6.42 Å². The van der Waals surface area contributed by atoms with Crippen molar-refractivity contribution < 1.29 is 9.53 Å². The topological polar surface area (TPSA) is 65.4 Å². The lowest BCUT2D eigenvalue weighted by Crippen LogP contribution is -2.41. The molecule has 1 amide bonds. The lowest BCUT2D eigenvalue weighted by molar-refractivity contribution is -0.134. The van der Waals surface area contributed by atoms with Crippen LogP contribution < -0.4 is 5.32 Å². The number of amides is 1. The summed E-state index contributed by atoms with van der Waals surface area (Å²) < 4.78 is 5.21. The third-order valence-electron chi connectivity index (χ3n) is 3.05. The van der Waals surface area contributed by atoms with E-state index in [2.05, 4.69) is 11.4 Å². The van der Waals surface area contributed by atoms with Crippen LogP contribution in [0.1, 0.15) is 12.0 Å². The smallest absolute Gasteiger partial charge is 0.224 e. The van der Waals surface area contributed by atoms with Gasteiger partial charge in [-0.05, 0) is 24.3 Å². The molecule has 1 saturated heterocycles. The van der Waals surface area contributed by atoms with Gasteiger partial charge in [0.15, 0.2) is 0 Å². The number of anilines is 1. The fraction of sp³-hybridized carbons (Fsp3) is 0.429. The van der Waals surface area contributed by atoms with E-state index in [0.29, 0.717) is 44.8 Å². The number of nitrogens with one attached hydrogen (secondary N) is 1. The highest BCUT2D eigenvalue weighted by molar-refractivity contribution is 5.76. The first-order valence-corrected chi connectivity index (χ1v) is 6.39. The molecule has 1 aromatic carbocycles. The zero-order valence-electron chi connectivity index (χ0n) is 10.8. The molecule has 0 bridgehead atoms. The standard InChI is InChI=1S/C14H17N3O2/c15-11-12-1-3-13(4-2-12)16-6-5-14(18)17-7-9-19-10-8-17/h1-4,16H,5-10H2. The van der Waals surface area contributed by atoms with Crippen LogP contribution in [0.3, 0.4) is 0 Å². The number of carbonyl (C=O) groups is 1. The van der Waals surface area contributed by atoms with Gasteiger partial charge >= 0.3 is 0 Å². The average Bonchev–Trinajstić information content (AvgIpc) is 2.49. The van der Waals surface area contributed by atoms with Crippen molar-refractivity contribution >= 4 is 11.6 Å². The van der Waals surface area contributed by atoms with Crippen molar-refractivity contribution in [2.24, 2.45) is 0 Å². The van der Waals surface area contributed by atoms with E-state index in [0.717, 1.165) is 5.69 Å². The fourth-order valence-corrected chi connectivity index (χ4v) is 1.95. The van der Waals surface area contributed by atoms with E-state index in [1.165, 1.54) is 0 Å². The zero-order valence-corrected chi connectivity index (χ0v) is 10.8. The minimum atomic E-state index is 0.157. The minimum absolute atomic E-state index is 0.157. The minimum Gasteiger partial charge on any atom is -0.385 e. The van der Waals surface area contributed by atoms with Crippen LogP contribution in [-0.2, 0) is 9.53 Å². The second kappa shape index (κ2) is 6.76. The van der Waals surface area contributed by atoms with Crippen LogP contribution in [0.15, 0.2) is 24.3 Å². The Balaban J connectivity index is 1.73. The maximum atomic E-state index is 11.9. The Hall–Kier alpha value is -2.06. The molecule has 1 aliphatic rings. The summed E-state index contributed by atoms with van der Waals surface area (Å²) in [6.07, 6.45) is 0.472. The lowest BCUT2D eigenvalue weighted by Gasteiger charge is -2.26. The second-order valence-electron chi connectivity index (χ2n) is 4.36. The molecule has 0 aromatic heterocycles. The summed E-state index contributed by atoms with van der Waals surface area (Å²) >= 11 is 0. The van der Waals surface area contributed by atoms with Gasteiger partial charge in [0.1, 0.15) is 0 Å². The molecule has 1 fully saturated rings. The van der Waals surface area contributed by atoms with Crippen LogP contribution in [0.2, 0.25) is 0 Å². The van der Waals surface area contributed by atoms with Gasteiger partial charge in [0.2, 0.25) is 5.91 Å². The van der Waals surface area contributed by atoms with E-state index in [9.17, 15) is 4.79 Å². The van der Waals surface area contributed by atoms with E-state index in [4.69, 9.17) is 10.00 Å². The number of ether oxygens (including phenoxy) is 1. The fourth-order valence-electron chi connectivity index (χ4n) is 1.95. The van der Waals surface area contributed by atoms with Crippen molar-refractivity contribution in [2.75, 3.05) is 38.2 Å². The number of hydrogen-bond donors (Lipinski definition) is 1. The number of carbonyl (C=O) groups excluding carboxylic acids is 1. The number of hydrogen-bond acceptors (Lipinski definition) is 4. The van der Waals surface area contributed by atoms with Gasteiger partial charge in [-0.15, -0.1) is 0 Å². The Morgan fingerprint density at radius 1 is 1.32 bits per heavy atom. The Bertz CT molecular complexity index is 459. The largest absolute Gasteiger partial charge is 0.385 e. The van der Waals surface area contributed by atoms with Crippen LogP contribution in [0, 0.1) is 11.3 Å². The van der Waals surface area contributed by atoms with Crippen molar-refractivity contribution in [1.29, 1.82) is 5.26 Å². The highest BCUT2D eigenvalue weighted by Crippen LogP contribution is 2.09. The predicted molar refractivity (Wildman–Crippen MR) is 71.7 cm³/mol. The van der Waals surface area contributed by atoms with Gasteiger partial charge < -0.3 is 15.0 Å². The van der Waals surface area contributed by atoms with Crippen LogP contribution in [0.5, 0.6) is 0 Å². The molecule has 1 N–H and O–H groups in total. The first-order chi connectivity index (χ1) is 9.29. The molecule has 0 atom stereocenters. The Morgan fingerprint density at radius 2 is 2.00 bits per heavy atom. The first kappa shape index (κ1) is 13.4. The zero-order chi connectivity index (χ0) is 13.5. The summed E-state index contributed by atoms with van der Waals surface area (Å²) in [5.74, 6) is 0.157. The molecule has 5 nitrogen and oxygen atoms in total.